The maximum atomic E-state index is 13.2. The third-order valence-electron chi connectivity index (χ3n) is 4.77. The number of hydrogen-bond donors (Lipinski definition) is 1. The first-order valence-electron chi connectivity index (χ1n) is 10.5. The number of rotatable bonds is 9. The molecule has 32 heavy (non-hydrogen) atoms. The van der Waals surface area contributed by atoms with Crippen molar-refractivity contribution in [2.45, 2.75) is 40.5 Å². The Morgan fingerprint density at radius 2 is 1.75 bits per heavy atom. The van der Waals surface area contributed by atoms with Gasteiger partial charge in [0.25, 0.3) is 11.6 Å². The molecule has 0 saturated carbocycles. The van der Waals surface area contributed by atoms with E-state index in [0.29, 0.717) is 46.9 Å². The van der Waals surface area contributed by atoms with Gasteiger partial charge in [0, 0.05) is 18.8 Å². The van der Waals surface area contributed by atoms with Gasteiger partial charge in [0.1, 0.15) is 5.69 Å². The van der Waals surface area contributed by atoms with E-state index in [0.717, 1.165) is 12.8 Å². The fraction of sp³-hybridized carbons (Fsp3) is 0.409. The van der Waals surface area contributed by atoms with Gasteiger partial charge in [-0.3, -0.25) is 19.6 Å². The van der Waals surface area contributed by atoms with Crippen molar-refractivity contribution in [3.8, 4) is 11.5 Å². The number of aromatic nitrogens is 3. The van der Waals surface area contributed by atoms with Gasteiger partial charge < -0.3 is 14.8 Å². The van der Waals surface area contributed by atoms with Crippen LogP contribution in [-0.2, 0) is 7.05 Å². The summed E-state index contributed by atoms with van der Waals surface area (Å²) in [5.41, 5.74) is 1.94. The van der Waals surface area contributed by atoms with Gasteiger partial charge in [-0.05, 0) is 32.8 Å². The van der Waals surface area contributed by atoms with Crippen molar-refractivity contribution in [2.24, 2.45) is 7.05 Å². The molecule has 0 radical (unpaired) electrons. The molecular formula is C22H27N5O5. The quantitative estimate of drug-likeness (QED) is 0.387. The van der Waals surface area contributed by atoms with Crippen molar-refractivity contribution < 1.29 is 19.2 Å². The van der Waals surface area contributed by atoms with E-state index in [1.807, 2.05) is 13.8 Å². The molecule has 1 N–H and O–H groups in total. The average Bonchev–Trinajstić information content (AvgIpc) is 3.03. The number of ether oxygens (including phenoxy) is 2. The van der Waals surface area contributed by atoms with Crippen molar-refractivity contribution in [2.75, 3.05) is 18.5 Å². The zero-order valence-electron chi connectivity index (χ0n) is 18.9. The van der Waals surface area contributed by atoms with Gasteiger partial charge in [-0.2, -0.15) is 5.10 Å². The molecule has 10 nitrogen and oxygen atoms in total. The highest BCUT2D eigenvalue weighted by atomic mass is 16.6. The molecule has 0 aliphatic heterocycles. The third kappa shape index (κ3) is 4.63. The number of fused-ring (bicyclic) bond motifs is 1. The van der Waals surface area contributed by atoms with Crippen molar-refractivity contribution >= 4 is 28.3 Å². The summed E-state index contributed by atoms with van der Waals surface area (Å²) in [6.07, 6.45) is 1.49. The van der Waals surface area contributed by atoms with E-state index in [9.17, 15) is 14.9 Å². The molecular weight excluding hydrogens is 414 g/mol. The smallest absolute Gasteiger partial charge is 0.296 e. The molecule has 0 bridgehead atoms. The van der Waals surface area contributed by atoms with Gasteiger partial charge in [0.05, 0.1) is 40.8 Å². The molecule has 1 aromatic carbocycles. The van der Waals surface area contributed by atoms with Crippen LogP contribution in [0, 0.1) is 24.0 Å². The first-order chi connectivity index (χ1) is 15.3. The Bertz CT molecular complexity index is 1170. The van der Waals surface area contributed by atoms with Crippen molar-refractivity contribution in [3.63, 3.8) is 0 Å². The molecule has 0 fully saturated rings. The summed E-state index contributed by atoms with van der Waals surface area (Å²) in [6.45, 7) is 8.25. The van der Waals surface area contributed by atoms with E-state index in [1.54, 1.807) is 31.6 Å². The number of hydrogen-bond acceptors (Lipinski definition) is 7. The number of carbonyl (C=O) groups excluding carboxylic acids is 1. The van der Waals surface area contributed by atoms with Gasteiger partial charge in [0.15, 0.2) is 17.1 Å². The van der Waals surface area contributed by atoms with Crippen molar-refractivity contribution in [1.82, 2.24) is 14.8 Å². The van der Waals surface area contributed by atoms with Crippen LogP contribution < -0.4 is 14.8 Å². The molecule has 1 amide bonds. The summed E-state index contributed by atoms with van der Waals surface area (Å²) >= 11 is 0. The van der Waals surface area contributed by atoms with E-state index >= 15 is 0 Å². The number of nitro benzene ring substituents is 1. The van der Waals surface area contributed by atoms with E-state index < -0.39 is 10.8 Å². The lowest BCUT2D eigenvalue weighted by Gasteiger charge is -2.15. The summed E-state index contributed by atoms with van der Waals surface area (Å²) < 4.78 is 13.0. The zero-order chi connectivity index (χ0) is 23.4. The van der Waals surface area contributed by atoms with Crippen LogP contribution in [0.2, 0.25) is 0 Å². The Hall–Kier alpha value is -3.69. The SMILES string of the molecule is CCCOc1cc(NC(=O)c2cc(C)nc3c2c(C)nn3C)c([N+](=O)[O-])cc1OCCC. The number of amides is 1. The van der Waals surface area contributed by atoms with Gasteiger partial charge in [-0.15, -0.1) is 0 Å². The van der Waals surface area contributed by atoms with Crippen LogP contribution in [0.5, 0.6) is 11.5 Å². The molecule has 3 rings (SSSR count). The van der Waals surface area contributed by atoms with Gasteiger partial charge in [-0.1, -0.05) is 13.8 Å². The second-order valence-electron chi connectivity index (χ2n) is 7.44. The van der Waals surface area contributed by atoms with Crippen LogP contribution in [0.15, 0.2) is 18.2 Å². The zero-order valence-corrected chi connectivity index (χ0v) is 18.9. The lowest BCUT2D eigenvalue weighted by Crippen LogP contribution is -2.15. The minimum absolute atomic E-state index is 0.0270. The largest absolute Gasteiger partial charge is 0.490 e. The first-order valence-corrected chi connectivity index (χ1v) is 10.5. The van der Waals surface area contributed by atoms with Crippen LogP contribution in [0.25, 0.3) is 11.0 Å². The minimum atomic E-state index is -0.555. The van der Waals surface area contributed by atoms with E-state index in [4.69, 9.17) is 9.47 Å². The van der Waals surface area contributed by atoms with Gasteiger partial charge >= 0.3 is 0 Å². The normalized spacial score (nSPS) is 10.9. The standard InChI is InChI=1S/C22H27N5O5/c1-6-8-31-18-11-16(17(27(29)30)12-19(18)32-9-7-2)24-22(28)15-10-13(3)23-21-20(15)14(4)25-26(21)5/h10-12H,6-9H2,1-5H3,(H,24,28). The number of nitrogens with one attached hydrogen (secondary N) is 1. The highest BCUT2D eigenvalue weighted by Gasteiger charge is 2.24. The van der Waals surface area contributed by atoms with Crippen molar-refractivity contribution in [3.05, 3.63) is 45.3 Å². The molecule has 3 aromatic rings. The number of aryl methyl sites for hydroxylation is 3. The Morgan fingerprint density at radius 3 is 2.34 bits per heavy atom. The van der Waals surface area contributed by atoms with Gasteiger partial charge in [0.2, 0.25) is 0 Å². The van der Waals surface area contributed by atoms with Crippen LogP contribution >= 0.6 is 0 Å². The molecule has 2 heterocycles. The Morgan fingerprint density at radius 1 is 1.12 bits per heavy atom. The number of anilines is 1. The highest BCUT2D eigenvalue weighted by molar-refractivity contribution is 6.13. The monoisotopic (exact) mass is 441 g/mol. The molecule has 0 saturated heterocycles. The second-order valence-corrected chi connectivity index (χ2v) is 7.44. The molecule has 0 aliphatic rings. The van der Waals surface area contributed by atoms with Crippen LogP contribution in [-0.4, -0.2) is 38.8 Å². The Kier molecular flexibility index (Phi) is 6.92. The van der Waals surface area contributed by atoms with Crippen molar-refractivity contribution in [1.29, 1.82) is 0 Å². The lowest BCUT2D eigenvalue weighted by molar-refractivity contribution is -0.384. The van der Waals surface area contributed by atoms with Crippen LogP contribution in [0.4, 0.5) is 11.4 Å². The molecule has 0 aliphatic carbocycles. The third-order valence-corrected chi connectivity index (χ3v) is 4.77. The number of carbonyl (C=O) groups is 1. The van der Waals surface area contributed by atoms with E-state index in [2.05, 4.69) is 15.4 Å². The summed E-state index contributed by atoms with van der Waals surface area (Å²) in [5.74, 6) is 0.119. The Balaban J connectivity index is 2.06. The molecule has 0 atom stereocenters. The predicted octanol–water partition coefficient (Wildman–Crippen LogP) is 4.32. The summed E-state index contributed by atoms with van der Waals surface area (Å²) in [4.78, 5) is 28.9. The first kappa shape index (κ1) is 23.0. The number of benzene rings is 1. The second kappa shape index (κ2) is 9.63. The maximum Gasteiger partial charge on any atom is 0.296 e. The molecule has 10 heteroatoms. The lowest BCUT2D eigenvalue weighted by atomic mass is 10.1. The van der Waals surface area contributed by atoms with Crippen LogP contribution in [0.1, 0.15) is 48.4 Å². The van der Waals surface area contributed by atoms with E-state index in [-0.39, 0.29) is 17.1 Å². The number of nitro groups is 1. The Labute approximate surface area is 185 Å². The summed E-state index contributed by atoms with van der Waals surface area (Å²) in [6, 6.07) is 4.38. The topological polar surface area (TPSA) is 121 Å². The number of nitrogens with zero attached hydrogens (tertiary/aromatic N) is 4. The minimum Gasteiger partial charge on any atom is -0.490 e. The predicted molar refractivity (Wildman–Crippen MR) is 121 cm³/mol. The fourth-order valence-electron chi connectivity index (χ4n) is 3.39. The summed E-state index contributed by atoms with van der Waals surface area (Å²) in [5, 5.41) is 19.4. The number of pyridine rings is 1. The van der Waals surface area contributed by atoms with E-state index in [1.165, 1.54) is 12.1 Å². The highest BCUT2D eigenvalue weighted by Crippen LogP contribution is 2.38. The average molecular weight is 441 g/mol. The molecule has 0 spiro atoms. The van der Waals surface area contributed by atoms with Gasteiger partial charge in [-0.25, -0.2) is 4.98 Å². The maximum absolute atomic E-state index is 13.2. The molecule has 0 unspecified atom stereocenters. The fourth-order valence-corrected chi connectivity index (χ4v) is 3.39. The molecule has 170 valence electrons. The summed E-state index contributed by atoms with van der Waals surface area (Å²) in [7, 11) is 1.75. The molecule has 2 aromatic heterocycles. The van der Waals surface area contributed by atoms with Crippen LogP contribution in [0.3, 0.4) is 0 Å².